The minimum Gasteiger partial charge on any atom is -0.297 e. The van der Waals surface area contributed by atoms with Crippen LogP contribution in [0.4, 0.5) is 0 Å². The van der Waals surface area contributed by atoms with E-state index in [0.717, 1.165) is 31.6 Å². The smallest absolute Gasteiger partial charge is 0.254 e. The van der Waals surface area contributed by atoms with Crippen LogP contribution in [-0.4, -0.2) is 19.5 Å². The lowest BCUT2D eigenvalue weighted by Gasteiger charge is -2.17. The van der Waals surface area contributed by atoms with Gasteiger partial charge in [0.05, 0.1) is 11.4 Å². The van der Waals surface area contributed by atoms with E-state index < -0.39 is 0 Å². The maximum absolute atomic E-state index is 11.9. The SMILES string of the molecule is O=c1cc(-c2ccncn2)nc2n1CCCC2. The van der Waals surface area contributed by atoms with E-state index >= 15 is 0 Å². The van der Waals surface area contributed by atoms with Crippen LogP contribution < -0.4 is 5.56 Å². The molecule has 0 N–H and O–H groups in total. The van der Waals surface area contributed by atoms with Crippen LogP contribution in [0.5, 0.6) is 0 Å². The zero-order valence-corrected chi connectivity index (χ0v) is 9.33. The van der Waals surface area contributed by atoms with Gasteiger partial charge < -0.3 is 0 Å². The molecule has 3 rings (SSSR count). The molecule has 2 aromatic heterocycles. The fourth-order valence-electron chi connectivity index (χ4n) is 2.11. The number of rotatable bonds is 1. The number of fused-ring (bicyclic) bond motifs is 1. The second-order valence-corrected chi connectivity index (χ2v) is 4.10. The summed E-state index contributed by atoms with van der Waals surface area (Å²) in [7, 11) is 0. The molecule has 1 aliphatic heterocycles. The molecule has 0 radical (unpaired) electrons. The summed E-state index contributed by atoms with van der Waals surface area (Å²) in [4.78, 5) is 24.4. The van der Waals surface area contributed by atoms with Crippen molar-refractivity contribution in [2.24, 2.45) is 0 Å². The molecule has 0 fully saturated rings. The van der Waals surface area contributed by atoms with Crippen molar-refractivity contribution >= 4 is 0 Å². The highest BCUT2D eigenvalue weighted by Gasteiger charge is 2.13. The number of hydrogen-bond acceptors (Lipinski definition) is 4. The highest BCUT2D eigenvalue weighted by Crippen LogP contribution is 2.15. The number of hydrogen-bond donors (Lipinski definition) is 0. The Bertz CT molecular complexity index is 591. The van der Waals surface area contributed by atoms with E-state index in [-0.39, 0.29) is 5.56 Å². The Balaban J connectivity index is 2.14. The lowest BCUT2D eigenvalue weighted by Crippen LogP contribution is -2.27. The van der Waals surface area contributed by atoms with Crippen LogP contribution in [0.25, 0.3) is 11.4 Å². The Morgan fingerprint density at radius 1 is 1.24 bits per heavy atom. The molecule has 0 saturated carbocycles. The molecular weight excluding hydrogens is 216 g/mol. The maximum atomic E-state index is 11.9. The molecule has 0 spiro atoms. The first-order valence-corrected chi connectivity index (χ1v) is 5.72. The Morgan fingerprint density at radius 3 is 3.00 bits per heavy atom. The summed E-state index contributed by atoms with van der Waals surface area (Å²) in [6.45, 7) is 0.783. The summed E-state index contributed by atoms with van der Waals surface area (Å²) >= 11 is 0. The molecule has 5 nitrogen and oxygen atoms in total. The second kappa shape index (κ2) is 4.08. The predicted octanol–water partition coefficient (Wildman–Crippen LogP) is 1.04. The second-order valence-electron chi connectivity index (χ2n) is 4.10. The highest BCUT2D eigenvalue weighted by molar-refractivity contribution is 5.52. The van der Waals surface area contributed by atoms with Gasteiger partial charge in [-0.2, -0.15) is 0 Å². The van der Waals surface area contributed by atoms with Crippen molar-refractivity contribution in [3.8, 4) is 11.4 Å². The molecule has 17 heavy (non-hydrogen) atoms. The van der Waals surface area contributed by atoms with Crippen molar-refractivity contribution < 1.29 is 0 Å². The van der Waals surface area contributed by atoms with Gasteiger partial charge in [-0.3, -0.25) is 9.36 Å². The number of aromatic nitrogens is 4. The lowest BCUT2D eigenvalue weighted by molar-refractivity contribution is 0.496. The molecule has 2 aromatic rings. The van der Waals surface area contributed by atoms with Crippen LogP contribution in [0.1, 0.15) is 18.7 Å². The van der Waals surface area contributed by atoms with Crippen molar-refractivity contribution in [1.82, 2.24) is 19.5 Å². The van der Waals surface area contributed by atoms with E-state index in [0.29, 0.717) is 11.4 Å². The average molecular weight is 228 g/mol. The molecule has 1 aliphatic rings. The van der Waals surface area contributed by atoms with E-state index in [4.69, 9.17) is 0 Å². The summed E-state index contributed by atoms with van der Waals surface area (Å²) in [6, 6.07) is 3.32. The van der Waals surface area contributed by atoms with Gasteiger partial charge in [0, 0.05) is 25.2 Å². The lowest BCUT2D eigenvalue weighted by atomic mass is 10.1. The molecule has 3 heterocycles. The van der Waals surface area contributed by atoms with Gasteiger partial charge in [0.25, 0.3) is 5.56 Å². The van der Waals surface area contributed by atoms with Crippen molar-refractivity contribution in [3.63, 3.8) is 0 Å². The van der Waals surface area contributed by atoms with E-state index in [1.165, 1.54) is 6.33 Å². The van der Waals surface area contributed by atoms with Gasteiger partial charge in [0.15, 0.2) is 0 Å². The molecule has 0 aromatic carbocycles. The normalized spacial score (nSPS) is 14.4. The fourth-order valence-corrected chi connectivity index (χ4v) is 2.11. The summed E-state index contributed by atoms with van der Waals surface area (Å²) < 4.78 is 1.76. The molecule has 86 valence electrons. The monoisotopic (exact) mass is 228 g/mol. The fraction of sp³-hybridized carbons (Fsp3) is 0.333. The zero-order chi connectivity index (χ0) is 11.7. The van der Waals surface area contributed by atoms with Crippen LogP contribution in [0.3, 0.4) is 0 Å². The minimum atomic E-state index is 0.0170. The molecule has 0 atom stereocenters. The third-order valence-corrected chi connectivity index (χ3v) is 2.96. The van der Waals surface area contributed by atoms with Gasteiger partial charge in [0.2, 0.25) is 0 Å². The molecule has 0 unspecified atom stereocenters. The minimum absolute atomic E-state index is 0.0170. The predicted molar refractivity (Wildman–Crippen MR) is 62.5 cm³/mol. The zero-order valence-electron chi connectivity index (χ0n) is 9.33. The van der Waals surface area contributed by atoms with Gasteiger partial charge in [-0.15, -0.1) is 0 Å². The first kappa shape index (κ1) is 10.1. The van der Waals surface area contributed by atoms with Crippen LogP contribution in [0, 0.1) is 0 Å². The maximum Gasteiger partial charge on any atom is 0.254 e. The van der Waals surface area contributed by atoms with Gasteiger partial charge in [-0.1, -0.05) is 0 Å². The van der Waals surface area contributed by atoms with Crippen molar-refractivity contribution in [2.75, 3.05) is 0 Å². The molecule has 0 saturated heterocycles. The Kier molecular flexibility index (Phi) is 2.44. The molecule has 0 bridgehead atoms. The van der Waals surface area contributed by atoms with E-state index in [2.05, 4.69) is 15.0 Å². The van der Waals surface area contributed by atoms with E-state index in [1.54, 1.807) is 22.9 Å². The van der Waals surface area contributed by atoms with Crippen LogP contribution in [0.2, 0.25) is 0 Å². The van der Waals surface area contributed by atoms with Crippen LogP contribution in [-0.2, 0) is 13.0 Å². The Morgan fingerprint density at radius 2 is 2.18 bits per heavy atom. The summed E-state index contributed by atoms with van der Waals surface area (Å²) in [6.07, 6.45) is 6.14. The van der Waals surface area contributed by atoms with E-state index in [1.807, 2.05) is 0 Å². The number of nitrogens with zero attached hydrogens (tertiary/aromatic N) is 4. The van der Waals surface area contributed by atoms with Crippen molar-refractivity contribution in [3.05, 3.63) is 40.8 Å². The van der Waals surface area contributed by atoms with Gasteiger partial charge in [0.1, 0.15) is 12.2 Å². The average Bonchev–Trinajstić information content (AvgIpc) is 2.40. The summed E-state index contributed by atoms with van der Waals surface area (Å²) in [5.41, 5.74) is 1.36. The summed E-state index contributed by atoms with van der Waals surface area (Å²) in [5.74, 6) is 0.873. The first-order chi connectivity index (χ1) is 8.34. The van der Waals surface area contributed by atoms with E-state index in [9.17, 15) is 4.79 Å². The molecule has 5 heteroatoms. The largest absolute Gasteiger partial charge is 0.297 e. The molecule has 0 amide bonds. The highest BCUT2D eigenvalue weighted by atomic mass is 16.1. The van der Waals surface area contributed by atoms with Crippen LogP contribution in [0.15, 0.2) is 29.5 Å². The standard InChI is InChI=1S/C12H12N4O/c17-12-7-10(9-4-5-13-8-14-9)15-11-3-1-2-6-16(11)12/h4-5,7-8H,1-3,6H2. The first-order valence-electron chi connectivity index (χ1n) is 5.72. The summed E-state index contributed by atoms with van der Waals surface area (Å²) in [5, 5.41) is 0. The Hall–Kier alpha value is -2.04. The third-order valence-electron chi connectivity index (χ3n) is 2.96. The number of aryl methyl sites for hydroxylation is 1. The molecular formula is C12H12N4O. The topological polar surface area (TPSA) is 60.7 Å². The van der Waals surface area contributed by atoms with Crippen molar-refractivity contribution in [1.29, 1.82) is 0 Å². The third kappa shape index (κ3) is 1.84. The van der Waals surface area contributed by atoms with Gasteiger partial charge in [-0.25, -0.2) is 15.0 Å². The Labute approximate surface area is 98.2 Å². The van der Waals surface area contributed by atoms with Crippen LogP contribution >= 0.6 is 0 Å². The van der Waals surface area contributed by atoms with Crippen molar-refractivity contribution in [2.45, 2.75) is 25.8 Å². The van der Waals surface area contributed by atoms with Gasteiger partial charge in [-0.05, 0) is 18.9 Å². The quantitative estimate of drug-likeness (QED) is 0.731. The van der Waals surface area contributed by atoms with Gasteiger partial charge >= 0.3 is 0 Å². The molecule has 0 aliphatic carbocycles.